The number of nitrogens with one attached hydrogen (secondary N) is 2. The van der Waals surface area contributed by atoms with Crippen LogP contribution in [-0.2, 0) is 7.05 Å². The molecule has 4 heteroatoms. The van der Waals surface area contributed by atoms with E-state index in [0.717, 1.165) is 16.8 Å². The number of hydrogen-bond acceptors (Lipinski definition) is 3. The standard InChI is InChI=1S/C14H15N3O/c1-16-13-6-5-10(8-11(13)9-15)12-4-3-7-17(2)14(12)18/h3-9,15-16H,1-2H3. The summed E-state index contributed by atoms with van der Waals surface area (Å²) in [7, 11) is 3.54. The predicted octanol–water partition coefficient (Wildman–Crippen LogP) is 2.09. The van der Waals surface area contributed by atoms with Crippen LogP contribution in [0.1, 0.15) is 5.56 Å². The predicted molar refractivity (Wildman–Crippen MR) is 74.6 cm³/mol. The number of benzene rings is 1. The number of aryl methyl sites for hydroxylation is 1. The van der Waals surface area contributed by atoms with Gasteiger partial charge in [0.05, 0.1) is 0 Å². The van der Waals surface area contributed by atoms with Gasteiger partial charge in [0.1, 0.15) is 0 Å². The lowest BCUT2D eigenvalue weighted by molar-refractivity contribution is 0.863. The lowest BCUT2D eigenvalue weighted by Crippen LogP contribution is -2.17. The average molecular weight is 241 g/mol. The van der Waals surface area contributed by atoms with Gasteiger partial charge in [-0.25, -0.2) is 0 Å². The van der Waals surface area contributed by atoms with Crippen LogP contribution in [0, 0.1) is 5.41 Å². The summed E-state index contributed by atoms with van der Waals surface area (Å²) in [5.74, 6) is 0. The minimum atomic E-state index is -0.0364. The SMILES string of the molecule is CNc1ccc(-c2cccn(C)c2=O)cc1C=N. The van der Waals surface area contributed by atoms with Crippen molar-refractivity contribution in [2.45, 2.75) is 0 Å². The van der Waals surface area contributed by atoms with Gasteiger partial charge in [-0.3, -0.25) is 4.79 Å². The molecule has 2 rings (SSSR count). The van der Waals surface area contributed by atoms with Crippen LogP contribution >= 0.6 is 0 Å². The first-order valence-corrected chi connectivity index (χ1v) is 5.65. The van der Waals surface area contributed by atoms with Crippen molar-refractivity contribution in [3.05, 3.63) is 52.4 Å². The smallest absolute Gasteiger partial charge is 0.258 e. The van der Waals surface area contributed by atoms with E-state index < -0.39 is 0 Å². The summed E-state index contributed by atoms with van der Waals surface area (Å²) in [5, 5.41) is 10.4. The zero-order valence-electron chi connectivity index (χ0n) is 10.4. The van der Waals surface area contributed by atoms with Gasteiger partial charge >= 0.3 is 0 Å². The third kappa shape index (κ3) is 2.05. The van der Waals surface area contributed by atoms with E-state index in [1.807, 2.05) is 31.3 Å². The maximum Gasteiger partial charge on any atom is 0.258 e. The molecular weight excluding hydrogens is 226 g/mol. The number of pyridine rings is 1. The van der Waals surface area contributed by atoms with Gasteiger partial charge in [-0.2, -0.15) is 0 Å². The molecule has 2 N–H and O–H groups in total. The third-order valence-electron chi connectivity index (χ3n) is 2.91. The molecule has 0 aliphatic heterocycles. The molecule has 0 bridgehead atoms. The van der Waals surface area contributed by atoms with Gasteiger partial charge in [-0.15, -0.1) is 0 Å². The molecule has 1 heterocycles. The molecule has 1 aromatic carbocycles. The van der Waals surface area contributed by atoms with Gasteiger partial charge in [0.2, 0.25) is 0 Å². The van der Waals surface area contributed by atoms with Crippen LogP contribution in [0.2, 0.25) is 0 Å². The van der Waals surface area contributed by atoms with E-state index in [1.165, 1.54) is 6.21 Å². The van der Waals surface area contributed by atoms with Crippen molar-refractivity contribution in [1.82, 2.24) is 4.57 Å². The molecule has 0 radical (unpaired) electrons. The molecule has 0 spiro atoms. The van der Waals surface area contributed by atoms with Gasteiger partial charge in [-0.05, 0) is 29.8 Å². The Morgan fingerprint density at radius 3 is 2.78 bits per heavy atom. The third-order valence-corrected chi connectivity index (χ3v) is 2.91. The second-order valence-electron chi connectivity index (χ2n) is 4.03. The molecule has 4 nitrogen and oxygen atoms in total. The van der Waals surface area contributed by atoms with Gasteiger partial charge in [0.25, 0.3) is 5.56 Å². The zero-order chi connectivity index (χ0) is 13.1. The summed E-state index contributed by atoms with van der Waals surface area (Å²) >= 11 is 0. The van der Waals surface area contributed by atoms with E-state index in [4.69, 9.17) is 5.41 Å². The molecule has 0 unspecified atom stereocenters. The molecule has 92 valence electrons. The largest absolute Gasteiger partial charge is 0.388 e. The van der Waals surface area contributed by atoms with Gasteiger partial charge in [0.15, 0.2) is 0 Å². The van der Waals surface area contributed by atoms with E-state index in [2.05, 4.69) is 5.32 Å². The van der Waals surface area contributed by atoms with Gasteiger partial charge < -0.3 is 15.3 Å². The van der Waals surface area contributed by atoms with Crippen molar-refractivity contribution < 1.29 is 0 Å². The summed E-state index contributed by atoms with van der Waals surface area (Å²) in [4.78, 5) is 12.0. The van der Waals surface area contributed by atoms with E-state index in [0.29, 0.717) is 5.56 Å². The molecule has 0 saturated heterocycles. The molecule has 0 atom stereocenters. The number of nitrogens with zero attached hydrogens (tertiary/aromatic N) is 1. The van der Waals surface area contributed by atoms with Crippen LogP contribution in [-0.4, -0.2) is 17.8 Å². The van der Waals surface area contributed by atoms with Crippen LogP contribution in [0.25, 0.3) is 11.1 Å². The van der Waals surface area contributed by atoms with Crippen LogP contribution in [0.15, 0.2) is 41.3 Å². The molecule has 2 aromatic rings. The van der Waals surface area contributed by atoms with Gasteiger partial charge in [0, 0.05) is 43.3 Å². The van der Waals surface area contributed by atoms with Crippen molar-refractivity contribution in [2.75, 3.05) is 12.4 Å². The number of rotatable bonds is 3. The highest BCUT2D eigenvalue weighted by atomic mass is 16.1. The lowest BCUT2D eigenvalue weighted by Gasteiger charge is -2.08. The van der Waals surface area contributed by atoms with E-state index in [9.17, 15) is 4.79 Å². The Bertz CT molecular complexity index is 644. The minimum absolute atomic E-state index is 0.0364. The molecule has 0 aliphatic rings. The topological polar surface area (TPSA) is 57.9 Å². The quantitative estimate of drug-likeness (QED) is 0.808. The summed E-state index contributed by atoms with van der Waals surface area (Å²) in [6.07, 6.45) is 3.01. The minimum Gasteiger partial charge on any atom is -0.388 e. The first-order chi connectivity index (χ1) is 8.67. The van der Waals surface area contributed by atoms with E-state index >= 15 is 0 Å². The molecule has 0 amide bonds. The zero-order valence-corrected chi connectivity index (χ0v) is 10.4. The van der Waals surface area contributed by atoms with Crippen molar-refractivity contribution in [3.8, 4) is 11.1 Å². The fraction of sp³-hybridized carbons (Fsp3) is 0.143. The Hall–Kier alpha value is -2.36. The van der Waals surface area contributed by atoms with Crippen LogP contribution in [0.5, 0.6) is 0 Å². The lowest BCUT2D eigenvalue weighted by atomic mass is 10.0. The fourth-order valence-electron chi connectivity index (χ4n) is 1.89. The van der Waals surface area contributed by atoms with E-state index in [1.54, 1.807) is 23.9 Å². The Labute approximate surface area is 105 Å². The van der Waals surface area contributed by atoms with Gasteiger partial charge in [-0.1, -0.05) is 6.07 Å². The van der Waals surface area contributed by atoms with Crippen LogP contribution in [0.3, 0.4) is 0 Å². The Kier molecular flexibility index (Phi) is 3.28. The highest BCUT2D eigenvalue weighted by Gasteiger charge is 2.06. The van der Waals surface area contributed by atoms with Crippen LogP contribution in [0.4, 0.5) is 5.69 Å². The normalized spacial score (nSPS) is 10.1. The Morgan fingerprint density at radius 1 is 1.33 bits per heavy atom. The molecule has 18 heavy (non-hydrogen) atoms. The summed E-state index contributed by atoms with van der Waals surface area (Å²) < 4.78 is 1.55. The first-order valence-electron chi connectivity index (χ1n) is 5.65. The Morgan fingerprint density at radius 2 is 2.11 bits per heavy atom. The maximum absolute atomic E-state index is 12.0. The highest BCUT2D eigenvalue weighted by Crippen LogP contribution is 2.21. The van der Waals surface area contributed by atoms with Crippen LogP contribution < -0.4 is 10.9 Å². The summed E-state index contributed by atoms with van der Waals surface area (Å²) in [6, 6.07) is 9.24. The molecule has 1 aromatic heterocycles. The molecule has 0 saturated carbocycles. The second-order valence-corrected chi connectivity index (χ2v) is 4.03. The number of hydrogen-bond donors (Lipinski definition) is 2. The van der Waals surface area contributed by atoms with Crippen molar-refractivity contribution in [2.24, 2.45) is 7.05 Å². The summed E-state index contributed by atoms with van der Waals surface area (Å²) in [5.41, 5.74) is 3.08. The highest BCUT2D eigenvalue weighted by molar-refractivity contribution is 5.88. The molecule has 0 aliphatic carbocycles. The first kappa shape index (κ1) is 12.1. The number of anilines is 1. The fourth-order valence-corrected chi connectivity index (χ4v) is 1.89. The van der Waals surface area contributed by atoms with Crippen molar-refractivity contribution in [3.63, 3.8) is 0 Å². The monoisotopic (exact) mass is 241 g/mol. The molecule has 0 fully saturated rings. The van der Waals surface area contributed by atoms with Crippen molar-refractivity contribution in [1.29, 1.82) is 5.41 Å². The second kappa shape index (κ2) is 4.87. The number of aromatic nitrogens is 1. The molecular formula is C14H15N3O. The average Bonchev–Trinajstić information content (AvgIpc) is 2.41. The summed E-state index contributed by atoms with van der Waals surface area (Å²) in [6.45, 7) is 0. The van der Waals surface area contributed by atoms with E-state index in [-0.39, 0.29) is 5.56 Å². The maximum atomic E-state index is 12.0. The van der Waals surface area contributed by atoms with Crippen molar-refractivity contribution >= 4 is 11.9 Å². The Balaban J connectivity index is 2.62.